The molecule has 2 rings (SSSR count). The van der Waals surface area contributed by atoms with Gasteiger partial charge in [0.1, 0.15) is 0 Å². The van der Waals surface area contributed by atoms with E-state index in [4.69, 9.17) is 9.47 Å². The number of hydrogen-bond donors (Lipinski definition) is 2. The lowest BCUT2D eigenvalue weighted by Gasteiger charge is -2.33. The highest BCUT2D eigenvalue weighted by Crippen LogP contribution is 2.14. The lowest BCUT2D eigenvalue weighted by molar-refractivity contribution is 0.0203. The number of rotatable bonds is 10. The largest absolute Gasteiger partial charge is 0.381 e. The summed E-state index contributed by atoms with van der Waals surface area (Å²) in [6.07, 6.45) is 8.32. The highest BCUT2D eigenvalue weighted by molar-refractivity contribution is 5.79. The molecular weight excluding hydrogens is 328 g/mol. The fourth-order valence-corrected chi connectivity index (χ4v) is 3.61. The molecule has 0 aromatic heterocycles. The lowest BCUT2D eigenvalue weighted by atomic mass is 10.0. The Kier molecular flexibility index (Phi) is 11.0. The molecule has 0 aliphatic carbocycles. The first-order valence-electron chi connectivity index (χ1n) is 10.7. The number of unbranched alkanes of at least 4 members (excludes halogenated alkanes) is 1. The number of piperidine rings is 1. The lowest BCUT2D eigenvalue weighted by Crippen LogP contribution is -2.49. The number of aliphatic imine (C=N–C) groups is 1. The molecule has 2 heterocycles. The van der Waals surface area contributed by atoms with Gasteiger partial charge in [0.25, 0.3) is 0 Å². The van der Waals surface area contributed by atoms with Gasteiger partial charge >= 0.3 is 0 Å². The van der Waals surface area contributed by atoms with Gasteiger partial charge in [0.15, 0.2) is 5.96 Å². The first-order valence-corrected chi connectivity index (χ1v) is 10.7. The third-order valence-electron chi connectivity index (χ3n) is 5.43. The van der Waals surface area contributed by atoms with Crippen molar-refractivity contribution >= 4 is 5.96 Å². The molecule has 152 valence electrons. The van der Waals surface area contributed by atoms with Crippen LogP contribution < -0.4 is 10.6 Å². The van der Waals surface area contributed by atoms with E-state index in [1.165, 1.54) is 45.3 Å². The average molecular weight is 369 g/mol. The van der Waals surface area contributed by atoms with E-state index >= 15 is 0 Å². The number of guanidine groups is 1. The van der Waals surface area contributed by atoms with Crippen molar-refractivity contribution in [3.8, 4) is 0 Å². The van der Waals surface area contributed by atoms with Crippen molar-refractivity contribution in [2.45, 2.75) is 57.9 Å². The van der Waals surface area contributed by atoms with Crippen LogP contribution in [0.1, 0.15) is 51.9 Å². The van der Waals surface area contributed by atoms with Crippen LogP contribution in [0.15, 0.2) is 4.99 Å². The molecule has 0 bridgehead atoms. The standard InChI is InChI=1S/C20H40N4O2/c1-3-4-11-24-12-6-19(7-13-24)23-20(21-2)22-10-5-14-26-17-18-8-15-25-16-9-18/h18-19H,3-17H2,1-2H3,(H2,21,22,23). The molecule has 0 aromatic rings. The summed E-state index contributed by atoms with van der Waals surface area (Å²) in [5.41, 5.74) is 0. The maximum absolute atomic E-state index is 5.82. The number of ether oxygens (including phenoxy) is 2. The first-order chi connectivity index (χ1) is 12.8. The van der Waals surface area contributed by atoms with Crippen molar-refractivity contribution < 1.29 is 9.47 Å². The molecule has 0 spiro atoms. The molecule has 2 aliphatic rings. The molecule has 0 atom stereocenters. The third-order valence-corrected chi connectivity index (χ3v) is 5.43. The molecule has 2 saturated heterocycles. The maximum atomic E-state index is 5.82. The van der Waals surface area contributed by atoms with Crippen LogP contribution in [0.2, 0.25) is 0 Å². The van der Waals surface area contributed by atoms with E-state index in [-0.39, 0.29) is 0 Å². The minimum Gasteiger partial charge on any atom is -0.381 e. The minimum absolute atomic E-state index is 0.545. The van der Waals surface area contributed by atoms with Crippen molar-refractivity contribution in [2.75, 3.05) is 59.7 Å². The summed E-state index contributed by atoms with van der Waals surface area (Å²) in [6.45, 7) is 10.3. The predicted molar refractivity (Wildman–Crippen MR) is 108 cm³/mol. The second-order valence-corrected chi connectivity index (χ2v) is 7.60. The van der Waals surface area contributed by atoms with Crippen LogP contribution in [-0.4, -0.2) is 76.6 Å². The fraction of sp³-hybridized carbons (Fsp3) is 0.950. The molecular formula is C20H40N4O2. The molecule has 0 unspecified atom stereocenters. The Labute approximate surface area is 160 Å². The van der Waals surface area contributed by atoms with Crippen molar-refractivity contribution in [1.82, 2.24) is 15.5 Å². The van der Waals surface area contributed by atoms with E-state index in [1.807, 2.05) is 7.05 Å². The Hall–Kier alpha value is -0.850. The van der Waals surface area contributed by atoms with Crippen LogP contribution in [0.5, 0.6) is 0 Å². The SMILES string of the molecule is CCCCN1CCC(NC(=NC)NCCCOCC2CCOCC2)CC1. The maximum Gasteiger partial charge on any atom is 0.191 e. The van der Waals surface area contributed by atoms with Crippen LogP contribution in [0.4, 0.5) is 0 Å². The van der Waals surface area contributed by atoms with E-state index in [0.29, 0.717) is 12.0 Å². The molecule has 0 aromatic carbocycles. The highest BCUT2D eigenvalue weighted by atomic mass is 16.5. The van der Waals surface area contributed by atoms with E-state index < -0.39 is 0 Å². The van der Waals surface area contributed by atoms with Gasteiger partial charge < -0.3 is 25.0 Å². The van der Waals surface area contributed by atoms with Gasteiger partial charge in [-0.2, -0.15) is 0 Å². The second-order valence-electron chi connectivity index (χ2n) is 7.60. The molecule has 2 fully saturated rings. The molecule has 2 aliphatic heterocycles. The molecule has 0 saturated carbocycles. The Morgan fingerprint density at radius 1 is 1.15 bits per heavy atom. The summed E-state index contributed by atoms with van der Waals surface area (Å²) < 4.78 is 11.2. The zero-order valence-electron chi connectivity index (χ0n) is 17.0. The van der Waals surface area contributed by atoms with Gasteiger partial charge in [0.2, 0.25) is 0 Å². The quantitative estimate of drug-likeness (QED) is 0.352. The van der Waals surface area contributed by atoms with Crippen LogP contribution >= 0.6 is 0 Å². The molecule has 0 amide bonds. The van der Waals surface area contributed by atoms with Crippen molar-refractivity contribution in [1.29, 1.82) is 0 Å². The molecule has 6 nitrogen and oxygen atoms in total. The number of likely N-dealkylation sites (tertiary alicyclic amines) is 1. The predicted octanol–water partition coefficient (Wildman–Crippen LogP) is 2.25. The minimum atomic E-state index is 0.545. The number of hydrogen-bond acceptors (Lipinski definition) is 4. The summed E-state index contributed by atoms with van der Waals surface area (Å²) in [4.78, 5) is 6.96. The summed E-state index contributed by atoms with van der Waals surface area (Å²) in [5.74, 6) is 1.62. The smallest absolute Gasteiger partial charge is 0.191 e. The molecule has 6 heteroatoms. The van der Waals surface area contributed by atoms with E-state index in [9.17, 15) is 0 Å². The second kappa shape index (κ2) is 13.3. The number of nitrogens with one attached hydrogen (secondary N) is 2. The summed E-state index contributed by atoms with van der Waals surface area (Å²) in [6, 6.07) is 0.545. The van der Waals surface area contributed by atoms with Crippen LogP contribution in [0.25, 0.3) is 0 Å². The zero-order valence-corrected chi connectivity index (χ0v) is 17.0. The van der Waals surface area contributed by atoms with E-state index in [1.54, 1.807) is 0 Å². The van der Waals surface area contributed by atoms with Crippen LogP contribution in [0, 0.1) is 5.92 Å². The normalized spacial score (nSPS) is 21.1. The van der Waals surface area contributed by atoms with Gasteiger partial charge in [-0.3, -0.25) is 4.99 Å². The molecule has 2 N–H and O–H groups in total. The van der Waals surface area contributed by atoms with Gasteiger partial charge in [-0.05, 0) is 51.0 Å². The molecule has 0 radical (unpaired) electrons. The van der Waals surface area contributed by atoms with Crippen LogP contribution in [-0.2, 0) is 9.47 Å². The topological polar surface area (TPSA) is 58.1 Å². The van der Waals surface area contributed by atoms with Gasteiger partial charge in [-0.1, -0.05) is 13.3 Å². The first kappa shape index (κ1) is 21.5. The molecule has 26 heavy (non-hydrogen) atoms. The van der Waals surface area contributed by atoms with Gasteiger partial charge in [0, 0.05) is 59.2 Å². The van der Waals surface area contributed by atoms with Crippen molar-refractivity contribution in [3.05, 3.63) is 0 Å². The van der Waals surface area contributed by atoms with E-state index in [2.05, 4.69) is 27.4 Å². The van der Waals surface area contributed by atoms with Crippen molar-refractivity contribution in [2.24, 2.45) is 10.9 Å². The average Bonchev–Trinajstić information content (AvgIpc) is 2.69. The fourth-order valence-electron chi connectivity index (χ4n) is 3.61. The monoisotopic (exact) mass is 368 g/mol. The third kappa shape index (κ3) is 8.69. The van der Waals surface area contributed by atoms with Gasteiger partial charge in [-0.15, -0.1) is 0 Å². The van der Waals surface area contributed by atoms with Gasteiger partial charge in [-0.25, -0.2) is 0 Å². The Balaban J connectivity index is 1.49. The number of nitrogens with zero attached hydrogens (tertiary/aromatic N) is 2. The van der Waals surface area contributed by atoms with E-state index in [0.717, 1.165) is 58.2 Å². The van der Waals surface area contributed by atoms with Crippen LogP contribution in [0.3, 0.4) is 0 Å². The van der Waals surface area contributed by atoms with Crippen molar-refractivity contribution in [3.63, 3.8) is 0 Å². The summed E-state index contributed by atoms with van der Waals surface area (Å²) in [7, 11) is 1.85. The Morgan fingerprint density at radius 2 is 1.92 bits per heavy atom. The summed E-state index contributed by atoms with van der Waals surface area (Å²) in [5, 5.41) is 7.01. The Morgan fingerprint density at radius 3 is 2.62 bits per heavy atom. The summed E-state index contributed by atoms with van der Waals surface area (Å²) >= 11 is 0. The highest BCUT2D eigenvalue weighted by Gasteiger charge is 2.19. The Bertz CT molecular complexity index is 378. The van der Waals surface area contributed by atoms with Gasteiger partial charge in [0.05, 0.1) is 0 Å². The zero-order chi connectivity index (χ0) is 18.5.